The number of hydrogen-bond donors (Lipinski definition) is 2. The van der Waals surface area contributed by atoms with Gasteiger partial charge in [-0.05, 0) is 36.6 Å². The fourth-order valence-corrected chi connectivity index (χ4v) is 2.88. The molecule has 2 N–H and O–H groups in total. The van der Waals surface area contributed by atoms with E-state index in [0.29, 0.717) is 41.5 Å². The highest BCUT2D eigenvalue weighted by molar-refractivity contribution is 5.95. The predicted octanol–water partition coefficient (Wildman–Crippen LogP) is 3.03. The van der Waals surface area contributed by atoms with Gasteiger partial charge in [-0.25, -0.2) is 4.39 Å². The summed E-state index contributed by atoms with van der Waals surface area (Å²) >= 11 is 0. The van der Waals surface area contributed by atoms with Gasteiger partial charge in [0.1, 0.15) is 25.1 Å². The average Bonchev–Trinajstić information content (AvgIpc) is 3.46. The molecule has 6 heteroatoms. The van der Waals surface area contributed by atoms with E-state index in [2.05, 4.69) is 5.32 Å². The molecule has 0 aromatic heterocycles. The van der Waals surface area contributed by atoms with Crippen LogP contribution in [0.4, 0.5) is 10.1 Å². The number of carbonyl (C=O) groups excluding carboxylic acids is 1. The number of aliphatic hydroxyl groups excluding tert-OH is 1. The van der Waals surface area contributed by atoms with Gasteiger partial charge >= 0.3 is 0 Å². The van der Waals surface area contributed by atoms with Crippen molar-refractivity contribution in [3.63, 3.8) is 0 Å². The lowest BCUT2D eigenvalue weighted by Gasteiger charge is -2.23. The minimum absolute atomic E-state index is 0.0207. The Labute approximate surface area is 144 Å². The third kappa shape index (κ3) is 3.30. The van der Waals surface area contributed by atoms with Crippen molar-refractivity contribution in [3.05, 3.63) is 53.3 Å². The first-order valence-electron chi connectivity index (χ1n) is 8.30. The maximum atomic E-state index is 13.5. The Hall–Kier alpha value is -2.60. The Bertz CT molecular complexity index is 819. The zero-order valence-corrected chi connectivity index (χ0v) is 13.5. The minimum atomic E-state index is -1.10. The van der Waals surface area contributed by atoms with Crippen LogP contribution in [-0.4, -0.2) is 24.2 Å². The lowest BCUT2D eigenvalue weighted by Crippen LogP contribution is -2.19. The number of fused-ring (bicyclic) bond motifs is 1. The van der Waals surface area contributed by atoms with Gasteiger partial charge in [0.15, 0.2) is 11.5 Å². The lowest BCUT2D eigenvalue weighted by atomic mass is 9.98. The first-order valence-corrected chi connectivity index (χ1v) is 8.30. The normalized spacial score (nSPS) is 17.0. The summed E-state index contributed by atoms with van der Waals surface area (Å²) in [5, 5.41) is 13.6. The van der Waals surface area contributed by atoms with E-state index in [1.807, 2.05) is 0 Å². The molecule has 1 unspecified atom stereocenters. The molecule has 5 nitrogen and oxygen atoms in total. The van der Waals surface area contributed by atoms with E-state index in [1.165, 1.54) is 18.2 Å². The Morgan fingerprint density at radius 3 is 2.56 bits per heavy atom. The monoisotopic (exact) mass is 343 g/mol. The molecule has 1 atom stereocenters. The molecule has 2 aromatic carbocycles. The van der Waals surface area contributed by atoms with E-state index in [0.717, 1.165) is 12.8 Å². The van der Waals surface area contributed by atoms with E-state index in [9.17, 15) is 14.3 Å². The molecule has 1 fully saturated rings. The van der Waals surface area contributed by atoms with Crippen molar-refractivity contribution < 1.29 is 23.8 Å². The second-order valence-electron chi connectivity index (χ2n) is 6.30. The van der Waals surface area contributed by atoms with Gasteiger partial charge in [0.2, 0.25) is 5.91 Å². The highest BCUT2D eigenvalue weighted by atomic mass is 19.1. The van der Waals surface area contributed by atoms with Crippen molar-refractivity contribution in [1.29, 1.82) is 0 Å². The van der Waals surface area contributed by atoms with E-state index < -0.39 is 11.9 Å². The van der Waals surface area contributed by atoms with Crippen molar-refractivity contribution in [2.45, 2.75) is 18.9 Å². The van der Waals surface area contributed by atoms with Crippen LogP contribution in [0.1, 0.15) is 30.1 Å². The second-order valence-corrected chi connectivity index (χ2v) is 6.30. The van der Waals surface area contributed by atoms with Crippen molar-refractivity contribution in [3.8, 4) is 11.5 Å². The molecule has 25 heavy (non-hydrogen) atoms. The van der Waals surface area contributed by atoms with Crippen LogP contribution in [0.3, 0.4) is 0 Å². The summed E-state index contributed by atoms with van der Waals surface area (Å²) in [5.41, 5.74) is 1.31. The summed E-state index contributed by atoms with van der Waals surface area (Å²) in [6.07, 6.45) is 0.650. The Morgan fingerprint density at radius 2 is 1.88 bits per heavy atom. The summed E-state index contributed by atoms with van der Waals surface area (Å²) < 4.78 is 24.6. The Balaban J connectivity index is 1.73. The van der Waals surface area contributed by atoms with E-state index in [-0.39, 0.29) is 11.8 Å². The van der Waals surface area contributed by atoms with Crippen molar-refractivity contribution in [2.75, 3.05) is 18.5 Å². The number of carbonyl (C=O) groups is 1. The van der Waals surface area contributed by atoms with Crippen LogP contribution in [-0.2, 0) is 4.79 Å². The van der Waals surface area contributed by atoms with Gasteiger partial charge in [0, 0.05) is 17.5 Å². The number of halogens is 1. The quantitative estimate of drug-likeness (QED) is 0.895. The summed E-state index contributed by atoms with van der Waals surface area (Å²) in [7, 11) is 0. The molecule has 0 saturated heterocycles. The van der Waals surface area contributed by atoms with Crippen molar-refractivity contribution >= 4 is 11.6 Å². The third-order valence-electron chi connectivity index (χ3n) is 4.38. The zero-order chi connectivity index (χ0) is 17.4. The SMILES string of the molecule is O=C(Nc1cc2c(cc1C(O)c1cccc(F)c1)OCCO2)C1CC1. The molecule has 1 saturated carbocycles. The molecule has 1 aliphatic heterocycles. The number of ether oxygens (including phenoxy) is 2. The third-order valence-corrected chi connectivity index (χ3v) is 4.38. The largest absolute Gasteiger partial charge is 0.486 e. The highest BCUT2D eigenvalue weighted by Crippen LogP contribution is 2.40. The Morgan fingerprint density at radius 1 is 1.16 bits per heavy atom. The maximum absolute atomic E-state index is 13.5. The summed E-state index contributed by atoms with van der Waals surface area (Å²) in [4.78, 5) is 12.2. The topological polar surface area (TPSA) is 67.8 Å². The molecule has 4 rings (SSSR count). The van der Waals surface area contributed by atoms with Crippen molar-refractivity contribution in [1.82, 2.24) is 0 Å². The number of nitrogens with one attached hydrogen (secondary N) is 1. The van der Waals surface area contributed by atoms with Crippen LogP contribution in [0, 0.1) is 11.7 Å². The van der Waals surface area contributed by atoms with Gasteiger partial charge < -0.3 is 19.9 Å². The molecule has 0 spiro atoms. The number of aliphatic hydroxyl groups is 1. The van der Waals surface area contributed by atoms with Crippen LogP contribution in [0.5, 0.6) is 11.5 Å². The average molecular weight is 343 g/mol. The first kappa shape index (κ1) is 15.9. The smallest absolute Gasteiger partial charge is 0.227 e. The number of hydrogen-bond acceptors (Lipinski definition) is 4. The van der Waals surface area contributed by atoms with Crippen molar-refractivity contribution in [2.24, 2.45) is 5.92 Å². The number of benzene rings is 2. The number of rotatable bonds is 4. The fraction of sp³-hybridized carbons (Fsp3) is 0.316. The molecule has 2 aromatic rings. The van der Waals surface area contributed by atoms with Crippen LogP contribution in [0.25, 0.3) is 0 Å². The summed E-state index contributed by atoms with van der Waals surface area (Å²) in [6, 6.07) is 9.06. The van der Waals surface area contributed by atoms with Gasteiger partial charge in [0.25, 0.3) is 0 Å². The van der Waals surface area contributed by atoms with Gasteiger partial charge in [-0.15, -0.1) is 0 Å². The summed E-state index contributed by atoms with van der Waals surface area (Å²) in [6.45, 7) is 0.838. The molecule has 1 amide bonds. The summed E-state index contributed by atoms with van der Waals surface area (Å²) in [5.74, 6) is 0.531. The van der Waals surface area contributed by atoms with Crippen LogP contribution >= 0.6 is 0 Å². The first-order chi connectivity index (χ1) is 12.1. The Kier molecular flexibility index (Phi) is 4.05. The van der Waals surface area contributed by atoms with E-state index in [1.54, 1.807) is 18.2 Å². The van der Waals surface area contributed by atoms with Gasteiger partial charge in [-0.3, -0.25) is 4.79 Å². The molecule has 1 aliphatic carbocycles. The molecular weight excluding hydrogens is 325 g/mol. The molecule has 130 valence electrons. The fourth-order valence-electron chi connectivity index (χ4n) is 2.88. The predicted molar refractivity (Wildman–Crippen MR) is 89.2 cm³/mol. The molecule has 2 aliphatic rings. The molecule has 0 radical (unpaired) electrons. The van der Waals surface area contributed by atoms with Gasteiger partial charge in [0.05, 0.1) is 5.69 Å². The van der Waals surface area contributed by atoms with Crippen LogP contribution in [0.15, 0.2) is 36.4 Å². The zero-order valence-electron chi connectivity index (χ0n) is 13.5. The van der Waals surface area contributed by atoms with Crippen LogP contribution in [0.2, 0.25) is 0 Å². The standard InChI is InChI=1S/C19H18FNO4/c20-13-3-1-2-12(8-13)18(22)14-9-16-17(25-7-6-24-16)10-15(14)21-19(23)11-4-5-11/h1-3,8-11,18,22H,4-7H2,(H,21,23). The molecule has 0 bridgehead atoms. The minimum Gasteiger partial charge on any atom is -0.486 e. The van der Waals surface area contributed by atoms with Crippen LogP contribution < -0.4 is 14.8 Å². The number of amides is 1. The molecular formula is C19H18FNO4. The lowest BCUT2D eigenvalue weighted by molar-refractivity contribution is -0.117. The van der Waals surface area contributed by atoms with E-state index >= 15 is 0 Å². The maximum Gasteiger partial charge on any atom is 0.227 e. The second kappa shape index (κ2) is 6.37. The number of anilines is 1. The van der Waals surface area contributed by atoms with E-state index in [4.69, 9.17) is 9.47 Å². The van der Waals surface area contributed by atoms with Gasteiger partial charge in [-0.1, -0.05) is 12.1 Å². The molecule has 1 heterocycles. The van der Waals surface area contributed by atoms with Gasteiger partial charge in [-0.2, -0.15) is 0 Å². The highest BCUT2D eigenvalue weighted by Gasteiger charge is 2.31.